The smallest absolute Gasteiger partial charge is 0.0658 e. The standard InChI is InChI=1S/C20H14N4.C14H15N.Zn/c1-2-14-10-16-5-6-18(23-16)12-20-8-7-19(24-20)11-17-4-3-15(22-17)9-13(1)21-14;15-14-9-5-4-8-13(14)11-10-12-6-2-1-3-7-12;/h1-12,21,24H;1-9H,10-11,15H2;. The second-order valence-corrected chi connectivity index (χ2v) is 9.59. The number of fused-ring (bicyclic) bond motifs is 8. The van der Waals surface area contributed by atoms with E-state index in [0.29, 0.717) is 0 Å². The van der Waals surface area contributed by atoms with E-state index in [1.165, 1.54) is 11.1 Å². The molecule has 2 aliphatic rings. The zero-order valence-electron chi connectivity index (χ0n) is 22.2. The molecule has 0 saturated heterocycles. The Morgan fingerprint density at radius 3 is 1.38 bits per heavy atom. The number of aromatic amines is 2. The Morgan fingerprint density at radius 1 is 0.500 bits per heavy atom. The van der Waals surface area contributed by atoms with Crippen molar-refractivity contribution in [3.63, 3.8) is 0 Å². The van der Waals surface area contributed by atoms with Gasteiger partial charge in [0.1, 0.15) is 0 Å². The maximum atomic E-state index is 5.88. The second-order valence-electron chi connectivity index (χ2n) is 9.59. The fourth-order valence-corrected chi connectivity index (χ4v) is 4.63. The van der Waals surface area contributed by atoms with Crippen LogP contribution in [0.5, 0.6) is 0 Å². The molecule has 8 bridgehead atoms. The van der Waals surface area contributed by atoms with Crippen molar-refractivity contribution in [2.24, 2.45) is 0 Å². The van der Waals surface area contributed by atoms with Crippen LogP contribution in [0.3, 0.4) is 0 Å². The molecule has 0 radical (unpaired) electrons. The number of para-hydroxylation sites is 1. The number of rotatable bonds is 3. The zero-order valence-corrected chi connectivity index (χ0v) is 25.2. The Labute approximate surface area is 246 Å². The Hall–Kier alpha value is -4.54. The summed E-state index contributed by atoms with van der Waals surface area (Å²) >= 11 is 0. The Bertz CT molecular complexity index is 1660. The van der Waals surface area contributed by atoms with Crippen molar-refractivity contribution in [1.29, 1.82) is 0 Å². The molecule has 3 aromatic heterocycles. The van der Waals surface area contributed by atoms with E-state index < -0.39 is 0 Å². The minimum Gasteiger partial charge on any atom is -0.399 e. The number of H-pyrrole nitrogens is 2. The molecule has 0 atom stereocenters. The molecular weight excluding hydrogens is 544 g/mol. The number of hydrogen-bond acceptors (Lipinski definition) is 3. The molecule has 40 heavy (non-hydrogen) atoms. The van der Waals surface area contributed by atoms with Gasteiger partial charge in [-0.25, -0.2) is 9.97 Å². The van der Waals surface area contributed by atoms with Crippen molar-refractivity contribution in [2.45, 2.75) is 12.8 Å². The van der Waals surface area contributed by atoms with Gasteiger partial charge in [0.2, 0.25) is 0 Å². The number of benzene rings is 2. The van der Waals surface area contributed by atoms with Gasteiger partial charge in [-0.1, -0.05) is 48.5 Å². The molecule has 4 N–H and O–H groups in total. The van der Waals surface area contributed by atoms with Gasteiger partial charge in [0.25, 0.3) is 0 Å². The van der Waals surface area contributed by atoms with Gasteiger partial charge in [-0.2, -0.15) is 0 Å². The number of nitrogen functional groups attached to an aromatic ring is 1. The first-order valence-electron chi connectivity index (χ1n) is 13.1. The molecule has 0 amide bonds. The number of nitrogens with zero attached hydrogens (tertiary/aromatic N) is 2. The van der Waals surface area contributed by atoms with E-state index in [0.717, 1.165) is 63.4 Å². The molecule has 5 heterocycles. The maximum Gasteiger partial charge on any atom is 0.0658 e. The minimum atomic E-state index is 0. The van der Waals surface area contributed by atoms with Crippen LogP contribution in [-0.2, 0) is 32.3 Å². The summed E-state index contributed by atoms with van der Waals surface area (Å²) in [6, 6.07) is 34.9. The summed E-state index contributed by atoms with van der Waals surface area (Å²) in [5.41, 5.74) is 17.2. The summed E-state index contributed by atoms with van der Waals surface area (Å²) in [5.74, 6) is 0. The first kappa shape index (κ1) is 27.0. The first-order chi connectivity index (χ1) is 19.2. The van der Waals surface area contributed by atoms with Crippen molar-refractivity contribution in [2.75, 3.05) is 5.73 Å². The van der Waals surface area contributed by atoms with Crippen LogP contribution in [0.4, 0.5) is 5.69 Å². The largest absolute Gasteiger partial charge is 0.399 e. The van der Waals surface area contributed by atoms with Crippen LogP contribution in [-0.4, -0.2) is 19.9 Å². The number of nitrogens with two attached hydrogens (primary N) is 1. The number of aryl methyl sites for hydroxylation is 2. The van der Waals surface area contributed by atoms with Crippen molar-refractivity contribution >= 4 is 52.1 Å². The Kier molecular flexibility index (Phi) is 8.48. The number of nitrogens with one attached hydrogen (secondary N) is 2. The molecule has 5 nitrogen and oxygen atoms in total. The Morgan fingerprint density at radius 2 is 0.925 bits per heavy atom. The zero-order chi connectivity index (χ0) is 26.4. The quantitative estimate of drug-likeness (QED) is 0.150. The maximum absolute atomic E-state index is 5.88. The normalized spacial score (nSPS) is 11.4. The molecule has 192 valence electrons. The fraction of sp³-hybridized carbons (Fsp3) is 0.0588. The third-order valence-electron chi connectivity index (χ3n) is 6.62. The van der Waals surface area contributed by atoms with Crippen molar-refractivity contribution < 1.29 is 19.5 Å². The molecule has 0 saturated carbocycles. The molecule has 7 rings (SSSR count). The molecule has 0 spiro atoms. The van der Waals surface area contributed by atoms with Crippen molar-refractivity contribution in [3.8, 4) is 0 Å². The van der Waals surface area contributed by atoms with Crippen LogP contribution >= 0.6 is 0 Å². The predicted octanol–water partition coefficient (Wildman–Crippen LogP) is 7.71. The van der Waals surface area contributed by atoms with Crippen molar-refractivity contribution in [1.82, 2.24) is 19.9 Å². The average molecular weight is 573 g/mol. The summed E-state index contributed by atoms with van der Waals surface area (Å²) in [5, 5.41) is 0. The van der Waals surface area contributed by atoms with Gasteiger partial charge in [0.05, 0.1) is 22.8 Å². The third kappa shape index (κ3) is 6.91. The van der Waals surface area contributed by atoms with Crippen LogP contribution in [0, 0.1) is 0 Å². The van der Waals surface area contributed by atoms with E-state index >= 15 is 0 Å². The summed E-state index contributed by atoms with van der Waals surface area (Å²) in [6.45, 7) is 0. The molecule has 6 heteroatoms. The molecule has 2 aromatic carbocycles. The topological polar surface area (TPSA) is 83.4 Å². The van der Waals surface area contributed by atoms with Gasteiger partial charge >= 0.3 is 0 Å². The van der Waals surface area contributed by atoms with E-state index in [2.05, 4.69) is 74.5 Å². The molecule has 2 aliphatic heterocycles. The third-order valence-corrected chi connectivity index (χ3v) is 6.62. The molecule has 0 unspecified atom stereocenters. The average Bonchev–Trinajstić information content (AvgIpc) is 3.76. The van der Waals surface area contributed by atoms with E-state index in [4.69, 9.17) is 5.73 Å². The summed E-state index contributed by atoms with van der Waals surface area (Å²) in [4.78, 5) is 16.0. The van der Waals surface area contributed by atoms with Gasteiger partial charge in [-0.05, 0) is 103 Å². The van der Waals surface area contributed by atoms with E-state index in [1.807, 2.05) is 72.8 Å². The molecule has 0 aliphatic carbocycles. The number of aromatic nitrogens is 4. The van der Waals surface area contributed by atoms with Crippen LogP contribution < -0.4 is 5.73 Å². The van der Waals surface area contributed by atoms with Crippen LogP contribution in [0.25, 0.3) is 46.4 Å². The summed E-state index contributed by atoms with van der Waals surface area (Å²) in [7, 11) is 0. The number of anilines is 1. The van der Waals surface area contributed by atoms with Crippen LogP contribution in [0.2, 0.25) is 0 Å². The molecule has 0 fully saturated rings. The van der Waals surface area contributed by atoms with Crippen LogP contribution in [0.15, 0.2) is 103 Å². The predicted molar refractivity (Wildman–Crippen MR) is 164 cm³/mol. The minimum absolute atomic E-state index is 0. The second kappa shape index (κ2) is 12.5. The van der Waals surface area contributed by atoms with Crippen molar-refractivity contribution in [3.05, 3.63) is 137 Å². The monoisotopic (exact) mass is 571 g/mol. The number of hydrogen-bond donors (Lipinski definition) is 3. The fourth-order valence-electron chi connectivity index (χ4n) is 4.63. The van der Waals surface area contributed by atoms with Gasteiger partial charge in [-0.15, -0.1) is 0 Å². The van der Waals surface area contributed by atoms with Gasteiger partial charge < -0.3 is 15.7 Å². The van der Waals surface area contributed by atoms with E-state index in [9.17, 15) is 0 Å². The van der Waals surface area contributed by atoms with Gasteiger partial charge in [0, 0.05) is 47.2 Å². The molecular formula is C34H29N5Zn. The SMILES string of the molecule is C1=Cc2cc3ccc(cc4nc(cc5ccc(cc1n2)[nH]5)C=C4)[nH]3.Nc1ccccc1CCc1ccccc1.[Zn]. The first-order valence-corrected chi connectivity index (χ1v) is 13.1. The Balaban J connectivity index is 0.000000175. The van der Waals surface area contributed by atoms with Crippen LogP contribution in [0.1, 0.15) is 33.9 Å². The van der Waals surface area contributed by atoms with Gasteiger partial charge in [-0.3, -0.25) is 0 Å². The van der Waals surface area contributed by atoms with E-state index in [-0.39, 0.29) is 19.5 Å². The molecule has 5 aromatic rings. The van der Waals surface area contributed by atoms with E-state index in [1.54, 1.807) is 0 Å². The summed E-state index contributed by atoms with van der Waals surface area (Å²) in [6.07, 6.45) is 10.2. The van der Waals surface area contributed by atoms with Gasteiger partial charge in [0.15, 0.2) is 0 Å². The summed E-state index contributed by atoms with van der Waals surface area (Å²) < 4.78 is 0.